The number of furan rings is 1. The third kappa shape index (κ3) is 3.23. The zero-order valence-corrected chi connectivity index (χ0v) is 14.7. The number of carbonyl (C=O) groups excluding carboxylic acids is 1. The number of methoxy groups -OCH3 is 1. The van der Waals surface area contributed by atoms with Gasteiger partial charge in [-0.05, 0) is 54.7 Å². The van der Waals surface area contributed by atoms with Crippen molar-refractivity contribution < 1.29 is 23.6 Å². The summed E-state index contributed by atoms with van der Waals surface area (Å²) in [5, 5.41) is 12.1. The summed E-state index contributed by atoms with van der Waals surface area (Å²) in [6.07, 6.45) is 4.71. The average Bonchev–Trinajstić information content (AvgIpc) is 3.26. The van der Waals surface area contributed by atoms with E-state index in [0.29, 0.717) is 11.3 Å². The molecule has 0 radical (unpaired) electrons. The van der Waals surface area contributed by atoms with Gasteiger partial charge in [-0.25, -0.2) is 0 Å². The predicted octanol–water partition coefficient (Wildman–Crippen LogP) is 3.99. The van der Waals surface area contributed by atoms with Crippen LogP contribution in [0.15, 0.2) is 41.0 Å². The van der Waals surface area contributed by atoms with Gasteiger partial charge in [0.1, 0.15) is 11.3 Å². The Kier molecular flexibility index (Phi) is 4.27. The van der Waals surface area contributed by atoms with Gasteiger partial charge >= 0.3 is 11.7 Å². The number of nitro groups is 1. The van der Waals surface area contributed by atoms with Crippen molar-refractivity contribution in [3.8, 4) is 11.5 Å². The minimum atomic E-state index is -0.609. The first-order valence-corrected chi connectivity index (χ1v) is 8.60. The minimum Gasteiger partial charge on any atom is -0.496 e. The normalized spacial score (nSPS) is 12.8. The van der Waals surface area contributed by atoms with Gasteiger partial charge in [-0.2, -0.15) is 0 Å². The Morgan fingerprint density at radius 1 is 1.22 bits per heavy atom. The summed E-state index contributed by atoms with van der Waals surface area (Å²) in [6.45, 7) is 0. The van der Waals surface area contributed by atoms with Crippen LogP contribution >= 0.6 is 0 Å². The molecule has 27 heavy (non-hydrogen) atoms. The molecule has 1 heterocycles. The van der Waals surface area contributed by atoms with Crippen LogP contribution in [0.3, 0.4) is 0 Å². The van der Waals surface area contributed by atoms with E-state index >= 15 is 0 Å². The standard InChI is InChI=1S/C20H17NO6/c1-25-15-5-6-18(17(10-15)21(23)24)27-20(22)9-14-11-26-19-8-13-4-2-3-12(13)7-16(14)19/h5-8,10-11H,2-4,9H2,1H3. The van der Waals surface area contributed by atoms with Crippen molar-refractivity contribution >= 4 is 22.6 Å². The van der Waals surface area contributed by atoms with Crippen molar-refractivity contribution in [1.82, 2.24) is 0 Å². The van der Waals surface area contributed by atoms with E-state index < -0.39 is 10.9 Å². The van der Waals surface area contributed by atoms with Crippen molar-refractivity contribution in [2.45, 2.75) is 25.7 Å². The molecule has 0 amide bonds. The largest absolute Gasteiger partial charge is 0.496 e. The summed E-state index contributed by atoms with van der Waals surface area (Å²) in [5.74, 6) is -0.387. The number of benzene rings is 2. The van der Waals surface area contributed by atoms with E-state index in [-0.39, 0.29) is 17.9 Å². The first-order valence-electron chi connectivity index (χ1n) is 8.60. The Bertz CT molecular complexity index is 1050. The van der Waals surface area contributed by atoms with Gasteiger partial charge in [0.15, 0.2) is 0 Å². The molecule has 2 aromatic carbocycles. The predicted molar refractivity (Wildman–Crippen MR) is 97.2 cm³/mol. The molecule has 138 valence electrons. The number of nitrogens with zero attached hydrogens (tertiary/aromatic N) is 1. The number of fused-ring (bicyclic) bond motifs is 2. The molecule has 0 aliphatic heterocycles. The molecule has 1 aromatic heterocycles. The molecule has 4 rings (SSSR count). The van der Waals surface area contributed by atoms with E-state index in [0.717, 1.165) is 30.2 Å². The monoisotopic (exact) mass is 367 g/mol. The second kappa shape index (κ2) is 6.75. The third-order valence-electron chi connectivity index (χ3n) is 4.79. The van der Waals surface area contributed by atoms with E-state index in [2.05, 4.69) is 6.07 Å². The molecular formula is C20H17NO6. The smallest absolute Gasteiger partial charge is 0.316 e. The first kappa shape index (κ1) is 17.1. The van der Waals surface area contributed by atoms with Gasteiger partial charge in [0.2, 0.25) is 5.75 Å². The van der Waals surface area contributed by atoms with E-state index in [1.165, 1.54) is 36.4 Å². The molecule has 0 atom stereocenters. The molecule has 7 heteroatoms. The number of rotatable bonds is 5. The van der Waals surface area contributed by atoms with E-state index in [1.54, 1.807) is 6.26 Å². The lowest BCUT2D eigenvalue weighted by Gasteiger charge is -2.06. The maximum absolute atomic E-state index is 12.4. The second-order valence-corrected chi connectivity index (χ2v) is 6.47. The average molecular weight is 367 g/mol. The van der Waals surface area contributed by atoms with Crippen LogP contribution in [0.2, 0.25) is 0 Å². The summed E-state index contributed by atoms with van der Waals surface area (Å²) in [7, 11) is 1.41. The fourth-order valence-corrected chi connectivity index (χ4v) is 3.45. The molecule has 3 aromatic rings. The molecule has 0 N–H and O–H groups in total. The van der Waals surface area contributed by atoms with E-state index in [9.17, 15) is 14.9 Å². The van der Waals surface area contributed by atoms with Crippen LogP contribution in [0.4, 0.5) is 5.69 Å². The maximum Gasteiger partial charge on any atom is 0.316 e. The Morgan fingerprint density at radius 3 is 2.74 bits per heavy atom. The van der Waals surface area contributed by atoms with Crippen LogP contribution in [0, 0.1) is 10.1 Å². The van der Waals surface area contributed by atoms with Gasteiger partial charge in [-0.15, -0.1) is 0 Å². The summed E-state index contributed by atoms with van der Waals surface area (Å²) >= 11 is 0. The van der Waals surface area contributed by atoms with Crippen LogP contribution in [-0.2, 0) is 24.1 Å². The molecule has 0 unspecified atom stereocenters. The fraction of sp³-hybridized carbons (Fsp3) is 0.250. The zero-order chi connectivity index (χ0) is 19.0. The third-order valence-corrected chi connectivity index (χ3v) is 4.79. The van der Waals surface area contributed by atoms with Crippen LogP contribution in [-0.4, -0.2) is 18.0 Å². The van der Waals surface area contributed by atoms with Crippen molar-refractivity contribution in [3.63, 3.8) is 0 Å². The summed E-state index contributed by atoms with van der Waals surface area (Å²) < 4.78 is 15.8. The van der Waals surface area contributed by atoms with Crippen molar-refractivity contribution in [2.75, 3.05) is 7.11 Å². The minimum absolute atomic E-state index is 0.0328. The Hall–Kier alpha value is -3.35. The quantitative estimate of drug-likeness (QED) is 0.293. The molecular weight excluding hydrogens is 350 g/mol. The molecule has 1 aliphatic rings. The number of aryl methyl sites for hydroxylation is 2. The number of nitro benzene ring substituents is 1. The number of hydrogen-bond donors (Lipinski definition) is 0. The molecule has 0 fully saturated rings. The summed E-state index contributed by atoms with van der Waals surface area (Å²) in [5.41, 5.74) is 3.71. The SMILES string of the molecule is COc1ccc(OC(=O)Cc2coc3cc4c(cc23)CCC4)c([N+](=O)[O-])c1. The molecule has 0 saturated heterocycles. The lowest BCUT2D eigenvalue weighted by Crippen LogP contribution is -2.12. The van der Waals surface area contributed by atoms with Gasteiger partial charge in [0.05, 0.1) is 30.8 Å². The van der Waals surface area contributed by atoms with Gasteiger partial charge < -0.3 is 13.9 Å². The lowest BCUT2D eigenvalue weighted by atomic mass is 10.0. The first-order chi connectivity index (χ1) is 13.0. The second-order valence-electron chi connectivity index (χ2n) is 6.47. The molecule has 0 bridgehead atoms. The van der Waals surface area contributed by atoms with Crippen molar-refractivity contribution in [2.24, 2.45) is 0 Å². The maximum atomic E-state index is 12.4. The highest BCUT2D eigenvalue weighted by Crippen LogP contribution is 2.33. The van der Waals surface area contributed by atoms with Gasteiger partial charge in [0.25, 0.3) is 0 Å². The number of carbonyl (C=O) groups is 1. The van der Waals surface area contributed by atoms with Crippen molar-refractivity contribution in [3.05, 3.63) is 63.4 Å². The Labute approximate surface area is 154 Å². The number of hydrogen-bond acceptors (Lipinski definition) is 6. The van der Waals surface area contributed by atoms with Crippen molar-refractivity contribution in [1.29, 1.82) is 0 Å². The number of ether oxygens (including phenoxy) is 2. The highest BCUT2D eigenvalue weighted by atomic mass is 16.6. The highest BCUT2D eigenvalue weighted by molar-refractivity contribution is 5.87. The van der Waals surface area contributed by atoms with Gasteiger partial charge in [-0.3, -0.25) is 14.9 Å². The Morgan fingerprint density at radius 2 is 2.00 bits per heavy atom. The summed E-state index contributed by atoms with van der Waals surface area (Å²) in [4.78, 5) is 23.0. The fourth-order valence-electron chi connectivity index (χ4n) is 3.45. The van der Waals surface area contributed by atoms with Gasteiger partial charge in [-0.1, -0.05) is 0 Å². The molecule has 0 saturated carbocycles. The molecule has 1 aliphatic carbocycles. The summed E-state index contributed by atoms with van der Waals surface area (Å²) in [6, 6.07) is 8.18. The van der Waals surface area contributed by atoms with E-state index in [1.807, 2.05) is 6.07 Å². The van der Waals surface area contributed by atoms with Crippen LogP contribution < -0.4 is 9.47 Å². The molecule has 7 nitrogen and oxygen atoms in total. The Balaban J connectivity index is 1.57. The molecule has 0 spiro atoms. The topological polar surface area (TPSA) is 91.8 Å². The lowest BCUT2D eigenvalue weighted by molar-refractivity contribution is -0.385. The van der Waals surface area contributed by atoms with Gasteiger partial charge in [0, 0.05) is 10.9 Å². The van der Waals surface area contributed by atoms with E-state index in [4.69, 9.17) is 13.9 Å². The van der Waals surface area contributed by atoms with Crippen LogP contribution in [0.1, 0.15) is 23.1 Å². The van der Waals surface area contributed by atoms with Crippen LogP contribution in [0.25, 0.3) is 11.0 Å². The number of esters is 1. The van der Waals surface area contributed by atoms with Crippen LogP contribution in [0.5, 0.6) is 11.5 Å². The zero-order valence-electron chi connectivity index (χ0n) is 14.7. The highest BCUT2D eigenvalue weighted by Gasteiger charge is 2.21.